The standard InChI is InChI=1S/C27H41N5.C21H35N5.CH4.4ClH.2Mn.2H2S.2H2/c1-3-11-22-20(9-1)28-15-16-29-21-10-2-4-12-23(21)31-25-14-6-8-19-17-18-7-5-13-24(30-22)26(18)32-27(19)25;1-3-10-20-18(8-1)22-12-13-23-19-9-2-4-11-21(19)25-15-17-7-5-6-16(26-17)14-24-20;;;;;;;;;;;/h17,20-25,28-29H,1-16H2;5-7,18-25H,1-4,8-15H2;1H4;4*1H;;;2*1H2;2*1H/q-2;;;;;;;2*+2;;;;/p-4/t20-,21?,22-,23-,24+,25+;18-,19-,20-,21-;;;;;;;;;;;/m10.........../s1. The molecule has 6 aliphatic carbocycles. The number of pyridine rings is 2. The third-order valence-corrected chi connectivity index (χ3v) is 15.3. The molecule has 10 rings (SSSR count). The van der Waals surface area contributed by atoms with Crippen LogP contribution < -0.4 is 31.9 Å². The van der Waals surface area contributed by atoms with E-state index in [0.29, 0.717) is 60.4 Å². The van der Waals surface area contributed by atoms with Gasteiger partial charge in [0.25, 0.3) is 0 Å². The fourth-order valence-corrected chi connectivity index (χ4v) is 12.1. The van der Waals surface area contributed by atoms with Crippen LogP contribution in [0.2, 0.25) is 0 Å². The Balaban J connectivity index is 0.000000405. The van der Waals surface area contributed by atoms with Gasteiger partial charge in [-0.25, -0.2) is 0 Å². The van der Waals surface area contributed by atoms with E-state index in [1.807, 2.05) is 0 Å². The molecule has 0 aromatic carbocycles. The minimum absolute atomic E-state index is 0. The van der Waals surface area contributed by atoms with Gasteiger partial charge in [0.15, 0.2) is 0 Å². The summed E-state index contributed by atoms with van der Waals surface area (Å²) in [6.45, 7) is 5.99. The van der Waals surface area contributed by atoms with Crippen molar-refractivity contribution >= 4 is 67.4 Å². The first-order valence-electron chi connectivity index (χ1n) is 25.1. The van der Waals surface area contributed by atoms with Crippen molar-refractivity contribution in [2.45, 2.75) is 222 Å². The molecule has 6 N–H and O–H groups in total. The van der Waals surface area contributed by atoms with Crippen LogP contribution in [0.4, 0.5) is 0 Å². The Morgan fingerprint density at radius 2 is 0.806 bits per heavy atom. The SMILES string of the molecule is C.S.S.[Cl][Mn][Cl].[Cl][Mn][Cl].[HH].[HH].c1c2c3nc4c1CCC[C@@H]4[N-][C@@H]1CCCC[C@H]1NCCNC1CCCC[C@H]1[N-][C@H]3CCC2.c1cc2nc(c1)CN[C@H]1CCCC[C@@H]1NCCN[C@H]1CCCC[C@@H]1NC2. The van der Waals surface area contributed by atoms with Gasteiger partial charge in [0, 0.05) is 77.7 Å². The summed E-state index contributed by atoms with van der Waals surface area (Å²) in [5.41, 5.74) is 7.95. The molecule has 0 amide bonds. The van der Waals surface area contributed by atoms with Crippen molar-refractivity contribution in [2.24, 2.45) is 0 Å². The van der Waals surface area contributed by atoms with Gasteiger partial charge >= 0.3 is 66.7 Å². The average Bonchev–Trinajstić information content (AvgIpc) is 3.33. The number of hydrogen-bond acceptors (Lipinski definition) is 8. The first-order chi connectivity index (χ1) is 31.6. The molecule has 0 radical (unpaired) electrons. The van der Waals surface area contributed by atoms with Crippen molar-refractivity contribution in [1.82, 2.24) is 41.9 Å². The van der Waals surface area contributed by atoms with Crippen LogP contribution in [0.25, 0.3) is 10.6 Å². The summed E-state index contributed by atoms with van der Waals surface area (Å²) in [6, 6.07) is 13.9. The molecule has 67 heavy (non-hydrogen) atoms. The van der Waals surface area contributed by atoms with Crippen molar-refractivity contribution in [2.75, 3.05) is 26.2 Å². The largest absolute Gasteiger partial charge is 0.650 e. The number of aromatic nitrogens is 2. The van der Waals surface area contributed by atoms with E-state index >= 15 is 0 Å². The predicted molar refractivity (Wildman–Crippen MR) is 292 cm³/mol. The van der Waals surface area contributed by atoms with Crippen LogP contribution in [0.1, 0.15) is 185 Å². The van der Waals surface area contributed by atoms with E-state index in [0.717, 1.165) is 39.3 Å². The van der Waals surface area contributed by atoms with Crippen LogP contribution in [0.15, 0.2) is 24.3 Å². The first kappa shape index (κ1) is 60.4. The second kappa shape index (κ2) is 33.6. The van der Waals surface area contributed by atoms with Gasteiger partial charge < -0.3 is 42.5 Å². The van der Waals surface area contributed by atoms with E-state index in [-0.39, 0.29) is 63.5 Å². The molecular formula is C49H88Cl4Mn2N10S2-2. The Morgan fingerprint density at radius 1 is 0.463 bits per heavy atom. The average molecular weight is 1130 g/mol. The van der Waals surface area contributed by atoms with E-state index in [1.165, 1.54) is 175 Å². The van der Waals surface area contributed by atoms with Crippen molar-refractivity contribution in [3.8, 4) is 0 Å². The van der Waals surface area contributed by atoms with Gasteiger partial charge in [0.1, 0.15) is 0 Å². The van der Waals surface area contributed by atoms with Crippen LogP contribution in [-0.2, 0) is 52.2 Å². The Bertz CT molecular complexity index is 1570. The molecule has 18 heteroatoms. The Hall–Kier alpha value is 0.879. The number of hydrogen-bond donors (Lipinski definition) is 6. The fraction of sp³-hybridized carbons (Fsp3) is 0.796. The van der Waals surface area contributed by atoms with Crippen molar-refractivity contribution in [1.29, 1.82) is 0 Å². The monoisotopic (exact) mass is 1130 g/mol. The van der Waals surface area contributed by atoms with E-state index in [2.05, 4.69) is 56.2 Å². The van der Waals surface area contributed by atoms with Gasteiger partial charge in [-0.15, -0.1) is 12.1 Å². The van der Waals surface area contributed by atoms with Crippen LogP contribution in [0.5, 0.6) is 0 Å². The minimum Gasteiger partial charge on any atom is -0.650 e. The van der Waals surface area contributed by atoms with Crippen LogP contribution in [-0.4, -0.2) is 84.5 Å². The van der Waals surface area contributed by atoms with Crippen molar-refractivity contribution in [3.63, 3.8) is 0 Å². The summed E-state index contributed by atoms with van der Waals surface area (Å²) in [6.07, 6.45) is 28.1. The van der Waals surface area contributed by atoms with Gasteiger partial charge in [-0.3, -0.25) is 9.97 Å². The Labute approximate surface area is 452 Å². The first-order valence-corrected chi connectivity index (χ1v) is 31.6. The summed E-state index contributed by atoms with van der Waals surface area (Å²) in [4.78, 5) is 10.3. The number of aryl methyl sites for hydroxylation is 2. The zero-order valence-electron chi connectivity index (χ0n) is 38.9. The van der Waals surface area contributed by atoms with E-state index in [4.69, 9.17) is 61.0 Å². The van der Waals surface area contributed by atoms with Gasteiger partial charge in [-0.2, -0.15) is 27.0 Å². The quantitative estimate of drug-likeness (QED) is 0.144. The zero-order valence-corrected chi connectivity index (χ0v) is 46.3. The molecule has 2 aromatic heterocycles. The topological polar surface area (TPSA) is 126 Å². The van der Waals surface area contributed by atoms with Gasteiger partial charge in [-0.05, 0) is 86.7 Å². The minimum atomic E-state index is 0. The summed E-state index contributed by atoms with van der Waals surface area (Å²) in [5.74, 6) is 0. The molecule has 10 atom stereocenters. The zero-order chi connectivity index (χ0) is 44.4. The van der Waals surface area contributed by atoms with Crippen molar-refractivity contribution in [3.05, 3.63) is 68.8 Å². The Morgan fingerprint density at radius 3 is 1.21 bits per heavy atom. The fourth-order valence-electron chi connectivity index (χ4n) is 12.1. The number of rotatable bonds is 0. The van der Waals surface area contributed by atoms with E-state index in [9.17, 15) is 0 Å². The molecule has 4 bridgehead atoms. The maximum atomic E-state index is 5.51. The summed E-state index contributed by atoms with van der Waals surface area (Å²) in [5, 5.41) is 34.0. The molecular weight excluding hydrogens is 1040 g/mol. The molecule has 0 saturated heterocycles. The molecule has 8 aliphatic rings. The normalized spacial score (nSPS) is 31.9. The molecule has 2 aliphatic heterocycles. The van der Waals surface area contributed by atoms with Gasteiger partial charge in [0.05, 0.1) is 11.4 Å². The molecule has 4 saturated carbocycles. The summed E-state index contributed by atoms with van der Waals surface area (Å²) < 4.78 is 0. The van der Waals surface area contributed by atoms with Crippen LogP contribution >= 0.6 is 67.4 Å². The molecule has 0 spiro atoms. The molecule has 4 heterocycles. The number of nitrogens with one attached hydrogen (secondary N) is 6. The number of halogens is 4. The Kier molecular flexibility index (Phi) is 30.3. The summed E-state index contributed by atoms with van der Waals surface area (Å²) >= 11 is 0.0139. The van der Waals surface area contributed by atoms with Crippen LogP contribution in [0, 0.1) is 0 Å². The van der Waals surface area contributed by atoms with Crippen molar-refractivity contribution < 1.29 is 29.1 Å². The molecule has 1 unspecified atom stereocenters. The molecule has 10 nitrogen and oxygen atoms in total. The molecule has 390 valence electrons. The van der Waals surface area contributed by atoms with Crippen LogP contribution in [0.3, 0.4) is 0 Å². The third kappa shape index (κ3) is 18.6. The number of nitrogens with zero attached hydrogens (tertiary/aromatic N) is 4. The maximum absolute atomic E-state index is 5.51. The number of fused-ring (bicyclic) bond motifs is 6. The van der Waals surface area contributed by atoms with E-state index in [1.54, 1.807) is 0 Å². The molecule has 2 aromatic rings. The third-order valence-electron chi connectivity index (χ3n) is 15.3. The second-order valence-corrected chi connectivity index (χ2v) is 23.3. The smallest absolute Gasteiger partial charge is 0.0545 e. The predicted octanol–water partition coefficient (Wildman–Crippen LogP) is 11.6. The molecule has 4 fully saturated rings. The second-order valence-electron chi connectivity index (χ2n) is 19.4. The van der Waals surface area contributed by atoms with Gasteiger partial charge in [-0.1, -0.05) is 122 Å². The van der Waals surface area contributed by atoms with E-state index < -0.39 is 0 Å². The van der Waals surface area contributed by atoms with Gasteiger partial charge in [0.2, 0.25) is 0 Å². The summed E-state index contributed by atoms with van der Waals surface area (Å²) in [7, 11) is 19.2. The maximum Gasteiger partial charge on any atom is 0.0545 e.